The van der Waals surface area contributed by atoms with Gasteiger partial charge in [0.25, 0.3) is 0 Å². The monoisotopic (exact) mass is 427 g/mol. The fourth-order valence-electron chi connectivity index (χ4n) is 4.28. The van der Waals surface area contributed by atoms with E-state index in [-0.39, 0.29) is 38.9 Å². The van der Waals surface area contributed by atoms with Crippen LogP contribution >= 0.6 is 27.0 Å². The molecule has 2 atom stereocenters. The van der Waals surface area contributed by atoms with Crippen molar-refractivity contribution in [2.45, 2.75) is 51.7 Å². The summed E-state index contributed by atoms with van der Waals surface area (Å²) < 4.78 is 5.79. The van der Waals surface area contributed by atoms with E-state index in [4.69, 9.17) is 4.74 Å². The number of carbonyl (C=O) groups is 1. The Labute approximate surface area is 184 Å². The number of ketones is 1. The lowest BCUT2D eigenvalue weighted by Gasteiger charge is -2.49. The molecule has 28 heavy (non-hydrogen) atoms. The van der Waals surface area contributed by atoms with Gasteiger partial charge in [-0.1, -0.05) is 19.9 Å². The van der Waals surface area contributed by atoms with Crippen molar-refractivity contribution in [3.8, 4) is 0 Å². The third-order valence-corrected chi connectivity index (χ3v) is 5.86. The summed E-state index contributed by atoms with van der Waals surface area (Å²) in [5, 5.41) is 0. The normalized spacial score (nSPS) is 26.4. The fourth-order valence-corrected chi connectivity index (χ4v) is 4.28. The Morgan fingerprint density at radius 3 is 2.54 bits per heavy atom. The summed E-state index contributed by atoms with van der Waals surface area (Å²) in [7, 11) is 0. The maximum Gasteiger partial charge on any atom is 0.201 e. The Balaban J connectivity index is 0.00000196. The third kappa shape index (κ3) is 5.95. The molecule has 3 heterocycles. The molecule has 0 unspecified atom stereocenters. The molecular formula is C21H37N3O2S2. The number of pyridine rings is 1. The molecular weight excluding hydrogens is 390 g/mol. The topological polar surface area (TPSA) is 45.7 Å². The summed E-state index contributed by atoms with van der Waals surface area (Å²) >= 11 is 0. The van der Waals surface area contributed by atoms with E-state index in [1.165, 1.54) is 6.42 Å². The van der Waals surface area contributed by atoms with Crippen molar-refractivity contribution in [1.29, 1.82) is 0 Å². The Kier molecular flexibility index (Phi) is 10.5. The summed E-state index contributed by atoms with van der Waals surface area (Å²) in [6, 6.07) is 5.62. The van der Waals surface area contributed by atoms with Gasteiger partial charge in [0.05, 0.1) is 11.6 Å². The van der Waals surface area contributed by atoms with Crippen molar-refractivity contribution in [3.05, 3.63) is 30.1 Å². The minimum atomic E-state index is -0.462. The lowest BCUT2D eigenvalue weighted by molar-refractivity contribution is -0.0644. The molecule has 0 aromatic carbocycles. The highest BCUT2D eigenvalue weighted by Crippen LogP contribution is 2.35. The van der Waals surface area contributed by atoms with Crippen molar-refractivity contribution in [3.63, 3.8) is 0 Å². The van der Waals surface area contributed by atoms with Crippen LogP contribution in [0.4, 0.5) is 0 Å². The molecule has 0 saturated carbocycles. The highest BCUT2D eigenvalue weighted by Gasteiger charge is 2.48. The second kappa shape index (κ2) is 11.6. The quantitative estimate of drug-likeness (QED) is 0.653. The summed E-state index contributed by atoms with van der Waals surface area (Å²) in [5.74, 6) is 0.908. The number of Topliss-reactive ketones (excluding diaryl/α,β-unsaturated/α-hetero) is 1. The molecule has 3 rings (SSSR count). The van der Waals surface area contributed by atoms with Crippen molar-refractivity contribution in [2.24, 2.45) is 5.92 Å². The molecule has 2 aliphatic heterocycles. The highest BCUT2D eigenvalue weighted by molar-refractivity contribution is 7.59. The van der Waals surface area contributed by atoms with E-state index in [1.54, 1.807) is 6.20 Å². The number of aromatic nitrogens is 1. The number of ether oxygens (including phenoxy) is 1. The molecule has 0 N–H and O–H groups in total. The molecule has 7 heteroatoms. The van der Waals surface area contributed by atoms with Gasteiger partial charge in [0.15, 0.2) is 0 Å². The van der Waals surface area contributed by atoms with Crippen LogP contribution in [0.5, 0.6) is 0 Å². The molecule has 0 radical (unpaired) electrons. The first kappa shape index (κ1) is 25.4. The average molecular weight is 428 g/mol. The number of hydrogen-bond acceptors (Lipinski definition) is 5. The zero-order valence-electron chi connectivity index (χ0n) is 17.5. The van der Waals surface area contributed by atoms with Crippen LogP contribution in [0.1, 0.15) is 50.5 Å². The molecule has 0 aliphatic carbocycles. The van der Waals surface area contributed by atoms with E-state index in [2.05, 4.69) is 35.6 Å². The predicted octanol–water partition coefficient (Wildman–Crippen LogP) is 3.09. The van der Waals surface area contributed by atoms with Crippen LogP contribution in [0.2, 0.25) is 0 Å². The maximum atomic E-state index is 13.5. The van der Waals surface area contributed by atoms with E-state index < -0.39 is 5.54 Å². The van der Waals surface area contributed by atoms with Gasteiger partial charge >= 0.3 is 0 Å². The van der Waals surface area contributed by atoms with E-state index in [9.17, 15) is 4.79 Å². The van der Waals surface area contributed by atoms with Crippen LogP contribution in [-0.2, 0) is 4.74 Å². The zero-order chi connectivity index (χ0) is 18.6. The van der Waals surface area contributed by atoms with Gasteiger partial charge in [-0.25, -0.2) is 0 Å². The standard InChI is InChI=1S/C21H33N3O2.2H2S/c1-17(2)7-10-23-11-13-24(14-12-23)21(8-15-26-18(3)16-21)20(25)19-6-4-5-9-22-19;;/h4-6,9,17-18H,7-8,10-16H2,1-3H3;2*1H2/t18-,21-;;/m0../s1. The smallest absolute Gasteiger partial charge is 0.201 e. The molecule has 2 saturated heterocycles. The second-order valence-corrected chi connectivity index (χ2v) is 8.22. The van der Waals surface area contributed by atoms with Gasteiger partial charge in [-0.2, -0.15) is 27.0 Å². The number of piperazine rings is 1. The molecule has 0 bridgehead atoms. The lowest BCUT2D eigenvalue weighted by atomic mass is 9.79. The molecule has 2 aliphatic rings. The number of rotatable bonds is 6. The fraction of sp³-hybridized carbons (Fsp3) is 0.714. The van der Waals surface area contributed by atoms with Crippen LogP contribution < -0.4 is 0 Å². The van der Waals surface area contributed by atoms with E-state index in [1.807, 2.05) is 18.2 Å². The highest BCUT2D eigenvalue weighted by atomic mass is 32.1. The Morgan fingerprint density at radius 2 is 1.96 bits per heavy atom. The summed E-state index contributed by atoms with van der Waals surface area (Å²) in [5.41, 5.74) is 0.125. The van der Waals surface area contributed by atoms with Crippen molar-refractivity contribution < 1.29 is 9.53 Å². The summed E-state index contributed by atoms with van der Waals surface area (Å²) in [4.78, 5) is 22.8. The van der Waals surface area contributed by atoms with Crippen molar-refractivity contribution in [2.75, 3.05) is 39.3 Å². The minimum Gasteiger partial charge on any atom is -0.378 e. The number of carbonyl (C=O) groups excluding carboxylic acids is 1. The molecule has 0 amide bonds. The average Bonchev–Trinajstić information content (AvgIpc) is 2.66. The van der Waals surface area contributed by atoms with Gasteiger partial charge in [-0.3, -0.25) is 14.7 Å². The molecule has 5 nitrogen and oxygen atoms in total. The van der Waals surface area contributed by atoms with E-state index >= 15 is 0 Å². The first-order valence-electron chi connectivity index (χ1n) is 10.1. The third-order valence-electron chi connectivity index (χ3n) is 5.86. The van der Waals surface area contributed by atoms with Crippen LogP contribution in [0.3, 0.4) is 0 Å². The Bertz CT molecular complexity index is 595. The summed E-state index contributed by atoms with van der Waals surface area (Å²) in [6.45, 7) is 12.4. The SMILES string of the molecule is CC(C)CCN1CCN([C@@]2(C(=O)c3ccccn3)CCO[C@@H](C)C2)CC1.S.S. The molecule has 1 aromatic rings. The van der Waals surface area contributed by atoms with Gasteiger partial charge in [0.1, 0.15) is 5.69 Å². The first-order chi connectivity index (χ1) is 12.5. The number of hydrogen-bond donors (Lipinski definition) is 0. The minimum absolute atomic E-state index is 0. The lowest BCUT2D eigenvalue weighted by Crippen LogP contribution is -2.63. The summed E-state index contributed by atoms with van der Waals surface area (Å²) in [6.07, 6.45) is 4.58. The van der Waals surface area contributed by atoms with Crippen molar-refractivity contribution >= 4 is 32.8 Å². The van der Waals surface area contributed by atoms with Crippen molar-refractivity contribution in [1.82, 2.24) is 14.8 Å². The van der Waals surface area contributed by atoms with Crippen LogP contribution in [0.15, 0.2) is 24.4 Å². The van der Waals surface area contributed by atoms with Gasteiger partial charge in [0, 0.05) is 39.0 Å². The van der Waals surface area contributed by atoms with Crippen LogP contribution in [-0.4, -0.2) is 71.5 Å². The van der Waals surface area contributed by atoms with E-state index in [0.717, 1.165) is 51.5 Å². The van der Waals surface area contributed by atoms with E-state index in [0.29, 0.717) is 12.3 Å². The van der Waals surface area contributed by atoms with Gasteiger partial charge in [0.2, 0.25) is 5.78 Å². The zero-order valence-corrected chi connectivity index (χ0v) is 19.5. The number of nitrogens with zero attached hydrogens (tertiary/aromatic N) is 3. The second-order valence-electron chi connectivity index (χ2n) is 8.22. The predicted molar refractivity (Wildman–Crippen MR) is 124 cm³/mol. The molecule has 0 spiro atoms. The van der Waals surface area contributed by atoms with Crippen LogP contribution in [0.25, 0.3) is 0 Å². The molecule has 1 aromatic heterocycles. The first-order valence-corrected chi connectivity index (χ1v) is 10.1. The van der Waals surface area contributed by atoms with Gasteiger partial charge < -0.3 is 9.64 Å². The maximum absolute atomic E-state index is 13.5. The largest absolute Gasteiger partial charge is 0.378 e. The molecule has 2 fully saturated rings. The Hall–Kier alpha value is -0.600. The van der Waals surface area contributed by atoms with Gasteiger partial charge in [-0.05, 0) is 50.8 Å². The molecule has 160 valence electrons. The van der Waals surface area contributed by atoms with Crippen LogP contribution in [0, 0.1) is 5.92 Å². The van der Waals surface area contributed by atoms with Gasteiger partial charge in [-0.15, -0.1) is 0 Å². The Morgan fingerprint density at radius 1 is 1.25 bits per heavy atom.